The van der Waals surface area contributed by atoms with Crippen molar-refractivity contribution < 1.29 is 19.0 Å². The lowest BCUT2D eigenvalue weighted by Crippen LogP contribution is -2.32. The van der Waals surface area contributed by atoms with Gasteiger partial charge in [-0.25, -0.2) is 9.59 Å². The van der Waals surface area contributed by atoms with E-state index in [0.717, 1.165) is 0 Å². The van der Waals surface area contributed by atoms with E-state index in [9.17, 15) is 14.4 Å². The molecule has 0 aliphatic carbocycles. The van der Waals surface area contributed by atoms with Crippen LogP contribution in [0.3, 0.4) is 0 Å². The highest BCUT2D eigenvalue weighted by Gasteiger charge is 2.15. The summed E-state index contributed by atoms with van der Waals surface area (Å²) >= 11 is 6.11. The van der Waals surface area contributed by atoms with Gasteiger partial charge in [0.15, 0.2) is 18.1 Å². The van der Waals surface area contributed by atoms with Crippen molar-refractivity contribution in [2.45, 2.75) is 6.92 Å². The van der Waals surface area contributed by atoms with E-state index in [2.05, 4.69) is 10.1 Å². The van der Waals surface area contributed by atoms with Crippen LogP contribution < -0.4 is 20.7 Å². The van der Waals surface area contributed by atoms with E-state index >= 15 is 0 Å². The van der Waals surface area contributed by atoms with Gasteiger partial charge in [0, 0.05) is 16.7 Å². The van der Waals surface area contributed by atoms with Gasteiger partial charge in [-0.2, -0.15) is 5.10 Å². The van der Waals surface area contributed by atoms with Crippen molar-refractivity contribution >= 4 is 34.7 Å². The van der Waals surface area contributed by atoms with Crippen molar-refractivity contribution in [3.05, 3.63) is 67.8 Å². The van der Waals surface area contributed by atoms with Crippen LogP contribution in [0.4, 0.5) is 0 Å². The summed E-state index contributed by atoms with van der Waals surface area (Å²) in [4.78, 5) is 39.1. The number of hydrogen-bond donors (Lipinski definition) is 1. The molecular weight excluding hydrogens is 414 g/mol. The van der Waals surface area contributed by atoms with Crippen LogP contribution in [0.5, 0.6) is 11.5 Å². The van der Waals surface area contributed by atoms with E-state index in [0.29, 0.717) is 26.2 Å². The number of para-hydroxylation sites is 1. The van der Waals surface area contributed by atoms with Crippen LogP contribution in [0.15, 0.2) is 51.1 Å². The maximum absolute atomic E-state index is 12.6. The molecule has 0 saturated heterocycles. The highest BCUT2D eigenvalue weighted by atomic mass is 35.5. The van der Waals surface area contributed by atoms with Crippen molar-refractivity contribution in [2.75, 3.05) is 20.3 Å². The van der Waals surface area contributed by atoms with Crippen molar-refractivity contribution in [1.82, 2.24) is 9.66 Å². The molecule has 0 unspecified atom stereocenters. The van der Waals surface area contributed by atoms with E-state index in [-0.39, 0.29) is 24.7 Å². The Kier molecular flexibility index (Phi) is 6.53. The first-order valence-corrected chi connectivity index (χ1v) is 9.26. The number of rotatable bonds is 7. The van der Waals surface area contributed by atoms with Crippen LogP contribution in [0, 0.1) is 0 Å². The first-order valence-electron chi connectivity index (χ1n) is 8.89. The molecule has 0 spiro atoms. The van der Waals surface area contributed by atoms with Gasteiger partial charge in [0.2, 0.25) is 0 Å². The van der Waals surface area contributed by atoms with Gasteiger partial charge in [0.05, 0.1) is 30.8 Å². The minimum Gasteiger partial charge on any atom is -0.493 e. The minimum atomic E-state index is -0.710. The number of halogens is 1. The summed E-state index contributed by atoms with van der Waals surface area (Å²) < 4.78 is 16.3. The number of H-pyrrole nitrogens is 1. The van der Waals surface area contributed by atoms with Gasteiger partial charge in [-0.05, 0) is 25.1 Å². The number of carbonyl (C=O) groups excluding carboxylic acids is 1. The Hall–Kier alpha value is -3.59. The van der Waals surface area contributed by atoms with Gasteiger partial charge in [-0.3, -0.25) is 4.79 Å². The Balaban J connectivity index is 2.04. The maximum Gasteiger partial charge on any atom is 0.349 e. The third-order valence-electron chi connectivity index (χ3n) is 4.00. The number of aromatic nitrogens is 2. The second kappa shape index (κ2) is 9.27. The fourth-order valence-electron chi connectivity index (χ4n) is 2.70. The van der Waals surface area contributed by atoms with E-state index in [4.69, 9.17) is 25.8 Å². The molecule has 156 valence electrons. The predicted molar refractivity (Wildman–Crippen MR) is 112 cm³/mol. The molecule has 0 aliphatic heterocycles. The Morgan fingerprint density at radius 3 is 2.77 bits per heavy atom. The number of hydrogen-bond acceptors (Lipinski definition) is 7. The first-order chi connectivity index (χ1) is 14.4. The molecule has 0 fully saturated rings. The predicted octanol–water partition coefficient (Wildman–Crippen LogP) is 2.18. The fraction of sp³-hybridized carbons (Fsp3) is 0.200. The van der Waals surface area contributed by atoms with Crippen molar-refractivity contribution in [3.63, 3.8) is 0 Å². The number of carbonyl (C=O) groups is 1. The van der Waals surface area contributed by atoms with E-state index in [1.54, 1.807) is 31.2 Å². The molecule has 0 amide bonds. The molecule has 1 N–H and O–H groups in total. The second-order valence-corrected chi connectivity index (χ2v) is 6.39. The summed E-state index contributed by atoms with van der Waals surface area (Å²) in [5.41, 5.74) is -0.600. The molecule has 30 heavy (non-hydrogen) atoms. The molecule has 0 aliphatic rings. The molecular formula is C20H18ClN3O6. The molecule has 2 aromatic carbocycles. The van der Waals surface area contributed by atoms with Crippen LogP contribution in [-0.4, -0.2) is 42.2 Å². The Labute approximate surface area is 175 Å². The SMILES string of the molecule is CCOC(=O)COc1c(C=Nn2c(=O)[nH]c3ccccc3c2=O)cc(Cl)cc1OC. The van der Waals surface area contributed by atoms with Crippen LogP contribution >= 0.6 is 11.6 Å². The standard InChI is InChI=1S/C20H18ClN3O6/c1-3-29-17(25)11-30-18-12(8-13(21)9-16(18)28-2)10-22-24-19(26)14-6-4-5-7-15(14)23-20(24)27/h4-10H,3,11H2,1-2H3,(H,23,27). The summed E-state index contributed by atoms with van der Waals surface area (Å²) in [5, 5.41) is 4.60. The molecule has 10 heteroatoms. The third kappa shape index (κ3) is 4.52. The number of nitrogens with zero attached hydrogens (tertiary/aromatic N) is 2. The smallest absolute Gasteiger partial charge is 0.349 e. The lowest BCUT2D eigenvalue weighted by atomic mass is 10.2. The quantitative estimate of drug-likeness (QED) is 0.453. The Morgan fingerprint density at radius 2 is 2.03 bits per heavy atom. The van der Waals surface area contributed by atoms with E-state index < -0.39 is 17.2 Å². The number of nitrogens with one attached hydrogen (secondary N) is 1. The van der Waals surface area contributed by atoms with Gasteiger partial charge in [-0.15, -0.1) is 4.68 Å². The zero-order valence-corrected chi connectivity index (χ0v) is 16.9. The van der Waals surface area contributed by atoms with Crippen molar-refractivity contribution in [1.29, 1.82) is 0 Å². The largest absolute Gasteiger partial charge is 0.493 e. The molecule has 0 atom stereocenters. The van der Waals surface area contributed by atoms with Gasteiger partial charge in [0.1, 0.15) is 0 Å². The normalized spacial score (nSPS) is 11.0. The van der Waals surface area contributed by atoms with Gasteiger partial charge < -0.3 is 19.2 Å². The Morgan fingerprint density at radius 1 is 1.27 bits per heavy atom. The molecule has 0 radical (unpaired) electrons. The summed E-state index contributed by atoms with van der Waals surface area (Å²) in [5.74, 6) is -0.170. The zero-order chi connectivity index (χ0) is 21.7. The molecule has 0 saturated carbocycles. The number of benzene rings is 2. The fourth-order valence-corrected chi connectivity index (χ4v) is 2.92. The lowest BCUT2D eigenvalue weighted by molar-refractivity contribution is -0.145. The summed E-state index contributed by atoms with van der Waals surface area (Å²) in [6, 6.07) is 9.57. The molecule has 1 aromatic heterocycles. The van der Waals surface area contributed by atoms with Crippen molar-refractivity contribution in [3.8, 4) is 11.5 Å². The molecule has 0 bridgehead atoms. The van der Waals surface area contributed by atoms with E-state index in [1.807, 2.05) is 0 Å². The average molecular weight is 432 g/mol. The number of aromatic amines is 1. The molecule has 3 aromatic rings. The van der Waals surface area contributed by atoms with Crippen LogP contribution in [0.1, 0.15) is 12.5 Å². The summed E-state index contributed by atoms with van der Waals surface area (Å²) in [6.07, 6.45) is 1.22. The molecule has 1 heterocycles. The zero-order valence-electron chi connectivity index (χ0n) is 16.2. The maximum atomic E-state index is 12.6. The average Bonchev–Trinajstić information content (AvgIpc) is 2.72. The van der Waals surface area contributed by atoms with Gasteiger partial charge in [-0.1, -0.05) is 23.7 Å². The van der Waals surface area contributed by atoms with Crippen LogP contribution in [0.2, 0.25) is 5.02 Å². The topological polar surface area (TPSA) is 112 Å². The first kappa shape index (κ1) is 21.1. The highest BCUT2D eigenvalue weighted by molar-refractivity contribution is 6.31. The third-order valence-corrected chi connectivity index (χ3v) is 4.22. The number of esters is 1. The highest BCUT2D eigenvalue weighted by Crippen LogP contribution is 2.34. The minimum absolute atomic E-state index is 0.156. The summed E-state index contributed by atoms with van der Waals surface area (Å²) in [7, 11) is 1.41. The number of ether oxygens (including phenoxy) is 3. The number of fused-ring (bicyclic) bond motifs is 1. The van der Waals surface area contributed by atoms with Crippen LogP contribution in [-0.2, 0) is 9.53 Å². The monoisotopic (exact) mass is 431 g/mol. The van der Waals surface area contributed by atoms with Crippen molar-refractivity contribution in [2.24, 2.45) is 5.10 Å². The van der Waals surface area contributed by atoms with Gasteiger partial charge in [0.25, 0.3) is 5.56 Å². The Bertz CT molecular complexity index is 1230. The second-order valence-electron chi connectivity index (χ2n) is 5.96. The van der Waals surface area contributed by atoms with Crippen LogP contribution in [0.25, 0.3) is 10.9 Å². The number of methoxy groups -OCH3 is 1. The molecule has 9 nitrogen and oxygen atoms in total. The lowest BCUT2D eigenvalue weighted by Gasteiger charge is -2.13. The van der Waals surface area contributed by atoms with E-state index in [1.165, 1.54) is 25.5 Å². The summed E-state index contributed by atoms with van der Waals surface area (Å²) in [6.45, 7) is 1.52. The molecule has 3 rings (SSSR count). The van der Waals surface area contributed by atoms with Gasteiger partial charge >= 0.3 is 11.7 Å².